The number of sulfonamides is 1. The van der Waals surface area contributed by atoms with Crippen molar-refractivity contribution < 1.29 is 13.5 Å². The number of nitrogens with two attached hydrogens (primary N) is 1. The van der Waals surface area contributed by atoms with Gasteiger partial charge in [0.15, 0.2) is 0 Å². The van der Waals surface area contributed by atoms with Gasteiger partial charge in [-0.2, -0.15) is 0 Å². The lowest BCUT2D eigenvalue weighted by atomic mass is 10.1. The topological polar surface area (TPSA) is 92.4 Å². The number of aryl methyl sites for hydroxylation is 1. The summed E-state index contributed by atoms with van der Waals surface area (Å²) in [7, 11) is -3.72. The zero-order chi connectivity index (χ0) is 14.8. The number of rotatable bonds is 4. The van der Waals surface area contributed by atoms with Gasteiger partial charge in [-0.15, -0.1) is 0 Å². The largest absolute Gasteiger partial charge is 0.506 e. The van der Waals surface area contributed by atoms with Gasteiger partial charge >= 0.3 is 0 Å². The van der Waals surface area contributed by atoms with Crippen LogP contribution in [0.5, 0.6) is 5.75 Å². The molecule has 0 bridgehead atoms. The standard InChI is InChI=1S/C14H16N2O3S/c1-2-10-4-3-5-11(8-10)16-20(18,19)12-6-7-14(17)13(15)9-12/h3-9,16-17H,2,15H2,1H3. The minimum atomic E-state index is -3.72. The summed E-state index contributed by atoms with van der Waals surface area (Å²) in [5, 5.41) is 9.33. The van der Waals surface area contributed by atoms with Gasteiger partial charge in [0.25, 0.3) is 10.0 Å². The van der Waals surface area contributed by atoms with E-state index in [0.29, 0.717) is 5.69 Å². The Morgan fingerprint density at radius 3 is 2.60 bits per heavy atom. The van der Waals surface area contributed by atoms with Crippen LogP contribution in [-0.4, -0.2) is 13.5 Å². The molecule has 5 nitrogen and oxygen atoms in total. The molecular weight excluding hydrogens is 276 g/mol. The van der Waals surface area contributed by atoms with E-state index in [1.807, 2.05) is 13.0 Å². The molecule has 0 atom stereocenters. The lowest BCUT2D eigenvalue weighted by Crippen LogP contribution is -2.13. The van der Waals surface area contributed by atoms with Crippen LogP contribution in [0.1, 0.15) is 12.5 Å². The average molecular weight is 292 g/mol. The fourth-order valence-corrected chi connectivity index (χ4v) is 2.85. The number of hydrogen-bond donors (Lipinski definition) is 3. The molecule has 0 aromatic heterocycles. The van der Waals surface area contributed by atoms with Crippen molar-refractivity contribution in [1.82, 2.24) is 0 Å². The van der Waals surface area contributed by atoms with Gasteiger partial charge in [-0.25, -0.2) is 8.42 Å². The Hall–Kier alpha value is -2.21. The minimum Gasteiger partial charge on any atom is -0.506 e. The Balaban J connectivity index is 2.32. The molecule has 2 rings (SSSR count). The lowest BCUT2D eigenvalue weighted by Gasteiger charge is -2.10. The predicted octanol–water partition coefficient (Wildman–Crippen LogP) is 2.34. The Labute approximate surface area is 118 Å². The van der Waals surface area contributed by atoms with E-state index < -0.39 is 10.0 Å². The maximum atomic E-state index is 12.2. The van der Waals surface area contributed by atoms with Crippen LogP contribution < -0.4 is 10.5 Å². The first kappa shape index (κ1) is 14.2. The first-order valence-electron chi connectivity index (χ1n) is 6.12. The Morgan fingerprint density at radius 2 is 1.95 bits per heavy atom. The second-order valence-corrected chi connectivity index (χ2v) is 6.06. The van der Waals surface area contributed by atoms with Crippen molar-refractivity contribution in [3.8, 4) is 5.75 Å². The zero-order valence-corrected chi connectivity index (χ0v) is 11.8. The number of benzene rings is 2. The van der Waals surface area contributed by atoms with Crippen LogP contribution in [0.2, 0.25) is 0 Å². The summed E-state index contributed by atoms with van der Waals surface area (Å²) >= 11 is 0. The molecule has 0 fully saturated rings. The molecule has 106 valence electrons. The van der Waals surface area contributed by atoms with E-state index in [0.717, 1.165) is 12.0 Å². The third-order valence-electron chi connectivity index (χ3n) is 2.90. The smallest absolute Gasteiger partial charge is 0.261 e. The molecule has 0 aliphatic heterocycles. The van der Waals surface area contributed by atoms with Crippen LogP contribution in [0.4, 0.5) is 11.4 Å². The molecule has 0 heterocycles. The highest BCUT2D eigenvalue weighted by atomic mass is 32.2. The fraction of sp³-hybridized carbons (Fsp3) is 0.143. The summed E-state index contributed by atoms with van der Waals surface area (Å²) in [4.78, 5) is 0.00898. The van der Waals surface area contributed by atoms with Crippen LogP contribution in [0, 0.1) is 0 Å². The highest BCUT2D eigenvalue weighted by molar-refractivity contribution is 7.92. The number of aromatic hydroxyl groups is 1. The van der Waals surface area contributed by atoms with Crippen molar-refractivity contribution in [3.63, 3.8) is 0 Å². The molecule has 0 saturated heterocycles. The van der Waals surface area contributed by atoms with Crippen LogP contribution in [-0.2, 0) is 16.4 Å². The van der Waals surface area contributed by atoms with Gasteiger partial charge in [0.2, 0.25) is 0 Å². The summed E-state index contributed by atoms with van der Waals surface area (Å²) in [5.41, 5.74) is 7.07. The van der Waals surface area contributed by atoms with Crippen molar-refractivity contribution in [2.45, 2.75) is 18.2 Å². The van der Waals surface area contributed by atoms with Crippen molar-refractivity contribution in [1.29, 1.82) is 0 Å². The summed E-state index contributed by atoms with van der Waals surface area (Å²) in [6.07, 6.45) is 0.821. The molecule has 0 spiro atoms. The fourth-order valence-electron chi connectivity index (χ4n) is 1.77. The molecule has 2 aromatic carbocycles. The summed E-state index contributed by atoms with van der Waals surface area (Å²) in [6, 6.07) is 11.0. The Morgan fingerprint density at radius 1 is 1.20 bits per heavy atom. The van der Waals surface area contributed by atoms with E-state index in [-0.39, 0.29) is 16.3 Å². The number of anilines is 2. The van der Waals surface area contributed by atoms with E-state index in [4.69, 9.17) is 5.73 Å². The third-order valence-corrected chi connectivity index (χ3v) is 4.28. The van der Waals surface area contributed by atoms with Crippen molar-refractivity contribution >= 4 is 21.4 Å². The summed E-state index contributed by atoms with van der Waals surface area (Å²) < 4.78 is 26.9. The van der Waals surface area contributed by atoms with E-state index >= 15 is 0 Å². The number of phenols is 1. The van der Waals surface area contributed by atoms with E-state index in [1.165, 1.54) is 18.2 Å². The molecule has 0 saturated carbocycles. The molecular formula is C14H16N2O3S. The summed E-state index contributed by atoms with van der Waals surface area (Å²) in [5.74, 6) is -0.142. The maximum Gasteiger partial charge on any atom is 0.261 e. The second kappa shape index (κ2) is 5.42. The summed E-state index contributed by atoms with van der Waals surface area (Å²) in [6.45, 7) is 1.99. The monoisotopic (exact) mass is 292 g/mol. The number of nitrogens with one attached hydrogen (secondary N) is 1. The Bertz CT molecular complexity index is 727. The van der Waals surface area contributed by atoms with Crippen LogP contribution >= 0.6 is 0 Å². The average Bonchev–Trinajstić information content (AvgIpc) is 2.41. The zero-order valence-electron chi connectivity index (χ0n) is 11.0. The highest BCUT2D eigenvalue weighted by Gasteiger charge is 2.15. The van der Waals surface area contributed by atoms with E-state index in [2.05, 4.69) is 4.72 Å². The number of nitrogen functional groups attached to an aromatic ring is 1. The SMILES string of the molecule is CCc1cccc(NS(=O)(=O)c2ccc(O)c(N)c2)c1. The molecule has 0 radical (unpaired) electrons. The van der Waals surface area contributed by atoms with Gasteiger partial charge < -0.3 is 10.8 Å². The Kier molecular flexibility index (Phi) is 3.85. The lowest BCUT2D eigenvalue weighted by molar-refractivity contribution is 0.477. The molecule has 0 aliphatic carbocycles. The molecule has 6 heteroatoms. The minimum absolute atomic E-state index is 0.00898. The molecule has 4 N–H and O–H groups in total. The normalized spacial score (nSPS) is 11.2. The first-order chi connectivity index (χ1) is 9.42. The van der Waals surface area contributed by atoms with Crippen LogP contribution in [0.25, 0.3) is 0 Å². The molecule has 2 aromatic rings. The first-order valence-corrected chi connectivity index (χ1v) is 7.61. The maximum absolute atomic E-state index is 12.2. The molecule has 0 aliphatic rings. The molecule has 0 amide bonds. The van der Waals surface area contributed by atoms with Crippen molar-refractivity contribution in [3.05, 3.63) is 48.0 Å². The van der Waals surface area contributed by atoms with Gasteiger partial charge in [-0.05, 0) is 42.3 Å². The van der Waals surface area contributed by atoms with Gasteiger partial charge in [0.1, 0.15) is 5.75 Å². The van der Waals surface area contributed by atoms with Crippen LogP contribution in [0.15, 0.2) is 47.4 Å². The number of hydrogen-bond acceptors (Lipinski definition) is 4. The molecule has 0 unspecified atom stereocenters. The highest BCUT2D eigenvalue weighted by Crippen LogP contribution is 2.24. The van der Waals surface area contributed by atoms with E-state index in [9.17, 15) is 13.5 Å². The van der Waals surface area contributed by atoms with Gasteiger partial charge in [0.05, 0.1) is 10.6 Å². The predicted molar refractivity (Wildman–Crippen MR) is 79.1 cm³/mol. The van der Waals surface area contributed by atoms with Gasteiger partial charge in [-0.1, -0.05) is 19.1 Å². The number of phenolic OH excluding ortho intramolecular Hbond substituents is 1. The molecule has 20 heavy (non-hydrogen) atoms. The van der Waals surface area contributed by atoms with Gasteiger partial charge in [0, 0.05) is 5.69 Å². The van der Waals surface area contributed by atoms with Crippen molar-refractivity contribution in [2.75, 3.05) is 10.5 Å². The quantitative estimate of drug-likeness (QED) is 0.595. The second-order valence-electron chi connectivity index (χ2n) is 4.38. The van der Waals surface area contributed by atoms with Gasteiger partial charge in [-0.3, -0.25) is 4.72 Å². The third kappa shape index (κ3) is 3.03. The van der Waals surface area contributed by atoms with Crippen molar-refractivity contribution in [2.24, 2.45) is 0 Å². The van der Waals surface area contributed by atoms with E-state index in [1.54, 1.807) is 18.2 Å². The van der Waals surface area contributed by atoms with Crippen LogP contribution in [0.3, 0.4) is 0 Å².